The van der Waals surface area contributed by atoms with Crippen LogP contribution in [0.25, 0.3) is 5.57 Å². The summed E-state index contributed by atoms with van der Waals surface area (Å²) in [6.45, 7) is 2.01. The van der Waals surface area contributed by atoms with Gasteiger partial charge in [-0.25, -0.2) is 8.42 Å². The molecule has 2 aromatic carbocycles. The van der Waals surface area contributed by atoms with Crippen LogP contribution in [-0.4, -0.2) is 42.1 Å². The number of carbonyl (C=O) groups is 1. The van der Waals surface area contributed by atoms with Crippen molar-refractivity contribution in [1.82, 2.24) is 5.32 Å². The van der Waals surface area contributed by atoms with Crippen molar-refractivity contribution in [3.8, 4) is 11.5 Å². The number of fused-ring (bicyclic) bond motifs is 1. The molecule has 3 rings (SSSR count). The summed E-state index contributed by atoms with van der Waals surface area (Å²) in [7, 11) is 0.424. The Kier molecular flexibility index (Phi) is 6.36. The Balaban J connectivity index is 1.86. The molecule has 0 saturated carbocycles. The number of benzene rings is 2. The molecule has 1 N–H and O–H groups in total. The van der Waals surface area contributed by atoms with Gasteiger partial charge < -0.3 is 14.8 Å². The zero-order chi connectivity index (χ0) is 21.9. The number of rotatable bonds is 7. The van der Waals surface area contributed by atoms with Crippen LogP contribution in [0.4, 0.5) is 5.69 Å². The van der Waals surface area contributed by atoms with Crippen LogP contribution in [0.5, 0.6) is 11.5 Å². The number of anilines is 1. The molecule has 2 aromatic rings. The second kappa shape index (κ2) is 8.79. The summed E-state index contributed by atoms with van der Waals surface area (Å²) < 4.78 is 37.9. The fourth-order valence-corrected chi connectivity index (χ4v) is 5.01. The molecular weight excluding hydrogens is 404 g/mol. The third-order valence-electron chi connectivity index (χ3n) is 5.18. The number of aryl methyl sites for hydroxylation is 1. The van der Waals surface area contributed by atoms with Gasteiger partial charge in [-0.15, -0.1) is 0 Å². The van der Waals surface area contributed by atoms with E-state index in [0.29, 0.717) is 41.3 Å². The van der Waals surface area contributed by atoms with E-state index in [0.717, 1.165) is 10.7 Å². The molecular formula is C22H26N2O5S. The number of allylic oxidation sites excluding steroid dienone is 1. The predicted molar refractivity (Wildman–Crippen MR) is 117 cm³/mol. The minimum Gasteiger partial charge on any atom is -0.493 e. The SMILES string of the molecule is COc1cc2c(cc1OC)N(C)S(=O)(=O)C(C(=O)NCCCc1ccccc1)=C2C. The van der Waals surface area contributed by atoms with Crippen molar-refractivity contribution in [2.24, 2.45) is 0 Å². The number of nitrogens with one attached hydrogen (secondary N) is 1. The van der Waals surface area contributed by atoms with Gasteiger partial charge in [0.15, 0.2) is 16.4 Å². The second-order valence-corrected chi connectivity index (χ2v) is 8.90. The van der Waals surface area contributed by atoms with Gasteiger partial charge in [-0.05, 0) is 37.0 Å². The average molecular weight is 431 g/mol. The first-order valence-corrected chi connectivity index (χ1v) is 11.0. The Labute approximate surface area is 177 Å². The number of ether oxygens (including phenoxy) is 2. The number of hydrogen-bond donors (Lipinski definition) is 1. The van der Waals surface area contributed by atoms with Gasteiger partial charge in [0.25, 0.3) is 15.9 Å². The number of methoxy groups -OCH3 is 2. The number of amides is 1. The minimum atomic E-state index is -3.99. The molecule has 1 amide bonds. The zero-order valence-electron chi connectivity index (χ0n) is 17.6. The quantitative estimate of drug-likeness (QED) is 0.683. The Bertz CT molecular complexity index is 1080. The van der Waals surface area contributed by atoms with Crippen LogP contribution in [0.3, 0.4) is 0 Å². The van der Waals surface area contributed by atoms with Gasteiger partial charge in [0.1, 0.15) is 0 Å². The first-order valence-electron chi connectivity index (χ1n) is 9.59. The molecule has 0 aromatic heterocycles. The number of hydrogen-bond acceptors (Lipinski definition) is 5. The summed E-state index contributed by atoms with van der Waals surface area (Å²) in [5, 5.41) is 2.75. The van der Waals surface area contributed by atoms with Crippen molar-refractivity contribution in [1.29, 1.82) is 0 Å². The van der Waals surface area contributed by atoms with Crippen molar-refractivity contribution in [3.05, 3.63) is 58.5 Å². The highest BCUT2D eigenvalue weighted by molar-refractivity contribution is 7.97. The molecule has 1 heterocycles. The number of nitrogens with zero attached hydrogens (tertiary/aromatic N) is 1. The molecule has 0 fully saturated rings. The lowest BCUT2D eigenvalue weighted by molar-refractivity contribution is -0.116. The number of sulfonamides is 1. The van der Waals surface area contributed by atoms with E-state index in [9.17, 15) is 13.2 Å². The van der Waals surface area contributed by atoms with E-state index in [-0.39, 0.29) is 4.91 Å². The molecule has 0 saturated heterocycles. The van der Waals surface area contributed by atoms with Crippen molar-refractivity contribution < 1.29 is 22.7 Å². The summed E-state index contributed by atoms with van der Waals surface area (Å²) in [5.74, 6) is 0.277. The first-order chi connectivity index (χ1) is 14.3. The van der Waals surface area contributed by atoms with E-state index in [1.165, 1.54) is 26.8 Å². The topological polar surface area (TPSA) is 84.9 Å². The van der Waals surface area contributed by atoms with Gasteiger partial charge in [-0.2, -0.15) is 0 Å². The summed E-state index contributed by atoms with van der Waals surface area (Å²) >= 11 is 0. The lowest BCUT2D eigenvalue weighted by Crippen LogP contribution is -2.39. The summed E-state index contributed by atoms with van der Waals surface area (Å²) in [5.41, 5.74) is 2.59. The van der Waals surface area contributed by atoms with Gasteiger partial charge in [0.2, 0.25) is 0 Å². The van der Waals surface area contributed by atoms with E-state index < -0.39 is 15.9 Å². The Morgan fingerprint density at radius 2 is 1.70 bits per heavy atom. The van der Waals surface area contributed by atoms with E-state index in [2.05, 4.69) is 5.32 Å². The van der Waals surface area contributed by atoms with Crippen molar-refractivity contribution in [3.63, 3.8) is 0 Å². The van der Waals surface area contributed by atoms with Gasteiger partial charge >= 0.3 is 0 Å². The van der Waals surface area contributed by atoms with Gasteiger partial charge in [0, 0.05) is 25.2 Å². The highest BCUT2D eigenvalue weighted by atomic mass is 32.2. The lowest BCUT2D eigenvalue weighted by Gasteiger charge is -2.30. The maximum Gasteiger partial charge on any atom is 0.269 e. The summed E-state index contributed by atoms with van der Waals surface area (Å²) in [6, 6.07) is 13.2. The standard InChI is InChI=1S/C22H26N2O5S/c1-15-17-13-19(28-3)20(29-4)14-18(17)24(2)30(26,27)21(15)22(25)23-12-8-11-16-9-6-5-7-10-16/h5-7,9-10,13-14H,8,11-12H2,1-4H3,(H,23,25). The van der Waals surface area contributed by atoms with E-state index >= 15 is 0 Å². The van der Waals surface area contributed by atoms with Crippen LogP contribution in [-0.2, 0) is 21.2 Å². The van der Waals surface area contributed by atoms with Crippen LogP contribution < -0.4 is 19.1 Å². The Morgan fingerprint density at radius 1 is 1.07 bits per heavy atom. The monoisotopic (exact) mass is 430 g/mol. The highest BCUT2D eigenvalue weighted by Crippen LogP contribution is 2.44. The molecule has 0 bridgehead atoms. The van der Waals surface area contributed by atoms with Crippen LogP contribution in [0, 0.1) is 0 Å². The highest BCUT2D eigenvalue weighted by Gasteiger charge is 2.38. The first kappa shape index (κ1) is 21.7. The minimum absolute atomic E-state index is 0.246. The molecule has 1 aliphatic heterocycles. The maximum atomic E-state index is 13.1. The molecule has 7 nitrogen and oxygen atoms in total. The molecule has 0 spiro atoms. The van der Waals surface area contributed by atoms with E-state index in [1.807, 2.05) is 30.3 Å². The largest absolute Gasteiger partial charge is 0.493 e. The molecule has 0 unspecified atom stereocenters. The average Bonchev–Trinajstić information content (AvgIpc) is 2.75. The molecule has 1 aliphatic rings. The summed E-state index contributed by atoms with van der Waals surface area (Å²) in [4.78, 5) is 12.6. The van der Waals surface area contributed by atoms with Crippen LogP contribution >= 0.6 is 0 Å². The van der Waals surface area contributed by atoms with Crippen LogP contribution in [0.2, 0.25) is 0 Å². The molecule has 0 aliphatic carbocycles. The molecule has 8 heteroatoms. The van der Waals surface area contributed by atoms with E-state index in [1.54, 1.807) is 19.1 Å². The van der Waals surface area contributed by atoms with Gasteiger partial charge in [0.05, 0.1) is 19.9 Å². The van der Waals surface area contributed by atoms with Crippen molar-refractivity contribution >= 4 is 27.2 Å². The Morgan fingerprint density at radius 3 is 2.33 bits per heavy atom. The predicted octanol–water partition coefficient (Wildman–Crippen LogP) is 2.96. The fraction of sp³-hybridized carbons (Fsp3) is 0.318. The summed E-state index contributed by atoms with van der Waals surface area (Å²) in [6.07, 6.45) is 1.51. The fourth-order valence-electron chi connectivity index (χ4n) is 3.52. The number of carbonyl (C=O) groups excluding carboxylic acids is 1. The molecule has 0 radical (unpaired) electrons. The third kappa shape index (κ3) is 4.00. The van der Waals surface area contributed by atoms with E-state index in [4.69, 9.17) is 9.47 Å². The lowest BCUT2D eigenvalue weighted by atomic mass is 10.0. The molecule has 0 atom stereocenters. The van der Waals surface area contributed by atoms with Gasteiger partial charge in [-0.3, -0.25) is 9.10 Å². The van der Waals surface area contributed by atoms with Gasteiger partial charge in [-0.1, -0.05) is 30.3 Å². The molecule has 30 heavy (non-hydrogen) atoms. The van der Waals surface area contributed by atoms with Crippen LogP contribution in [0.1, 0.15) is 24.5 Å². The smallest absolute Gasteiger partial charge is 0.269 e. The normalized spacial score (nSPS) is 14.9. The maximum absolute atomic E-state index is 13.1. The third-order valence-corrected chi connectivity index (χ3v) is 7.11. The second-order valence-electron chi connectivity index (χ2n) is 7.00. The zero-order valence-corrected chi connectivity index (χ0v) is 18.4. The van der Waals surface area contributed by atoms with Crippen LogP contribution in [0.15, 0.2) is 47.4 Å². The van der Waals surface area contributed by atoms with Crippen molar-refractivity contribution in [2.75, 3.05) is 32.1 Å². The van der Waals surface area contributed by atoms with Crippen molar-refractivity contribution in [2.45, 2.75) is 19.8 Å². The molecule has 160 valence electrons. The Hall–Kier alpha value is -3.00.